The van der Waals surface area contributed by atoms with Crippen LogP contribution in [0.1, 0.15) is 23.6 Å². The van der Waals surface area contributed by atoms with Crippen molar-refractivity contribution in [3.63, 3.8) is 0 Å². The summed E-state index contributed by atoms with van der Waals surface area (Å²) in [5.41, 5.74) is 3.01. The van der Waals surface area contributed by atoms with Crippen molar-refractivity contribution < 1.29 is 9.66 Å². The SMILES string of the molecule is CCc1ccc(Oc2ncnc(NCc3ccc(C)cc3)c2[N+](=O)[O-])cc1. The van der Waals surface area contributed by atoms with Crippen molar-refractivity contribution >= 4 is 11.5 Å². The highest BCUT2D eigenvalue weighted by Gasteiger charge is 2.25. The number of ether oxygens (including phenoxy) is 1. The average molecular weight is 364 g/mol. The van der Waals surface area contributed by atoms with E-state index in [1.165, 1.54) is 6.33 Å². The molecule has 0 atom stereocenters. The molecule has 27 heavy (non-hydrogen) atoms. The topological polar surface area (TPSA) is 90.2 Å². The quantitative estimate of drug-likeness (QED) is 0.484. The Labute approximate surface area is 157 Å². The third-order valence-corrected chi connectivity index (χ3v) is 4.10. The number of aromatic nitrogens is 2. The van der Waals surface area contributed by atoms with E-state index in [2.05, 4.69) is 22.2 Å². The van der Waals surface area contributed by atoms with Gasteiger partial charge in [-0.1, -0.05) is 48.9 Å². The molecule has 3 rings (SSSR count). The van der Waals surface area contributed by atoms with Gasteiger partial charge in [-0.25, -0.2) is 4.98 Å². The number of nitrogens with one attached hydrogen (secondary N) is 1. The predicted octanol–water partition coefficient (Wildman–Crippen LogP) is 4.66. The first-order valence-electron chi connectivity index (χ1n) is 8.62. The minimum absolute atomic E-state index is 0.0920. The van der Waals surface area contributed by atoms with Gasteiger partial charge < -0.3 is 10.1 Å². The zero-order chi connectivity index (χ0) is 19.2. The Hall–Kier alpha value is -3.48. The minimum atomic E-state index is -0.535. The minimum Gasteiger partial charge on any atom is -0.434 e. The van der Waals surface area contributed by atoms with Gasteiger partial charge in [0, 0.05) is 6.54 Å². The van der Waals surface area contributed by atoms with Crippen LogP contribution in [-0.4, -0.2) is 14.9 Å². The molecule has 0 spiro atoms. The van der Waals surface area contributed by atoms with Crippen LogP contribution in [0.3, 0.4) is 0 Å². The Kier molecular flexibility index (Phi) is 5.61. The molecule has 0 bridgehead atoms. The van der Waals surface area contributed by atoms with E-state index >= 15 is 0 Å². The molecule has 0 aliphatic heterocycles. The smallest absolute Gasteiger partial charge is 0.373 e. The summed E-state index contributed by atoms with van der Waals surface area (Å²) in [7, 11) is 0. The molecule has 0 radical (unpaired) electrons. The maximum Gasteiger partial charge on any atom is 0.373 e. The molecule has 0 unspecified atom stereocenters. The summed E-state index contributed by atoms with van der Waals surface area (Å²) in [6.45, 7) is 4.46. The molecule has 2 aromatic carbocycles. The number of aryl methyl sites for hydroxylation is 2. The van der Waals surface area contributed by atoms with Crippen molar-refractivity contribution in [3.05, 3.63) is 81.7 Å². The van der Waals surface area contributed by atoms with Crippen molar-refractivity contribution in [2.24, 2.45) is 0 Å². The summed E-state index contributed by atoms with van der Waals surface area (Å²) < 4.78 is 5.65. The summed E-state index contributed by atoms with van der Waals surface area (Å²) >= 11 is 0. The van der Waals surface area contributed by atoms with Gasteiger partial charge in [-0.3, -0.25) is 10.1 Å². The Morgan fingerprint density at radius 2 is 1.70 bits per heavy atom. The third kappa shape index (κ3) is 4.58. The monoisotopic (exact) mass is 364 g/mol. The van der Waals surface area contributed by atoms with Crippen molar-refractivity contribution in [3.8, 4) is 11.6 Å². The first kappa shape index (κ1) is 18.3. The van der Waals surface area contributed by atoms with Crippen LogP contribution in [0.2, 0.25) is 0 Å². The second kappa shape index (κ2) is 8.27. The Morgan fingerprint density at radius 1 is 1.04 bits per heavy atom. The molecule has 1 heterocycles. The zero-order valence-electron chi connectivity index (χ0n) is 15.2. The molecule has 1 aromatic heterocycles. The molecule has 138 valence electrons. The van der Waals surface area contributed by atoms with E-state index in [1.807, 2.05) is 43.3 Å². The largest absolute Gasteiger partial charge is 0.434 e. The van der Waals surface area contributed by atoms with E-state index in [0.29, 0.717) is 12.3 Å². The fraction of sp³-hybridized carbons (Fsp3) is 0.200. The van der Waals surface area contributed by atoms with E-state index in [-0.39, 0.29) is 17.4 Å². The zero-order valence-corrected chi connectivity index (χ0v) is 15.2. The van der Waals surface area contributed by atoms with E-state index < -0.39 is 4.92 Å². The summed E-state index contributed by atoms with van der Waals surface area (Å²) in [6, 6.07) is 15.3. The van der Waals surface area contributed by atoms with Gasteiger partial charge in [-0.2, -0.15) is 4.98 Å². The Morgan fingerprint density at radius 3 is 2.33 bits per heavy atom. The predicted molar refractivity (Wildman–Crippen MR) is 103 cm³/mol. The van der Waals surface area contributed by atoms with Crippen molar-refractivity contribution in [2.75, 3.05) is 5.32 Å². The normalized spacial score (nSPS) is 10.4. The highest BCUT2D eigenvalue weighted by Crippen LogP contribution is 2.34. The number of hydrogen-bond acceptors (Lipinski definition) is 6. The van der Waals surface area contributed by atoms with Gasteiger partial charge in [0.25, 0.3) is 0 Å². The van der Waals surface area contributed by atoms with Crippen LogP contribution in [0.5, 0.6) is 11.6 Å². The number of anilines is 1. The Balaban J connectivity index is 1.83. The molecule has 0 aliphatic carbocycles. The fourth-order valence-corrected chi connectivity index (χ4v) is 2.53. The van der Waals surface area contributed by atoms with Crippen LogP contribution in [0.15, 0.2) is 54.9 Å². The van der Waals surface area contributed by atoms with Gasteiger partial charge in [0.2, 0.25) is 5.82 Å². The lowest BCUT2D eigenvalue weighted by molar-refractivity contribution is -0.385. The highest BCUT2D eigenvalue weighted by atomic mass is 16.6. The molecule has 0 saturated carbocycles. The molecule has 3 aromatic rings. The first-order chi connectivity index (χ1) is 13.1. The van der Waals surface area contributed by atoms with E-state index in [9.17, 15) is 10.1 Å². The van der Waals surface area contributed by atoms with Crippen LogP contribution in [0, 0.1) is 17.0 Å². The summed E-state index contributed by atoms with van der Waals surface area (Å²) in [5, 5.41) is 14.6. The van der Waals surface area contributed by atoms with Gasteiger partial charge in [-0.05, 0) is 36.6 Å². The molecule has 7 heteroatoms. The number of nitro groups is 1. The van der Waals surface area contributed by atoms with Crippen LogP contribution in [-0.2, 0) is 13.0 Å². The van der Waals surface area contributed by atoms with Crippen molar-refractivity contribution in [2.45, 2.75) is 26.8 Å². The molecule has 7 nitrogen and oxygen atoms in total. The second-order valence-corrected chi connectivity index (χ2v) is 6.07. The van der Waals surface area contributed by atoms with Crippen LogP contribution < -0.4 is 10.1 Å². The third-order valence-electron chi connectivity index (χ3n) is 4.10. The maximum absolute atomic E-state index is 11.6. The fourth-order valence-electron chi connectivity index (χ4n) is 2.53. The highest BCUT2D eigenvalue weighted by molar-refractivity contribution is 5.62. The van der Waals surface area contributed by atoms with Crippen molar-refractivity contribution in [1.29, 1.82) is 0 Å². The molecule has 0 amide bonds. The number of rotatable bonds is 7. The molecule has 1 N–H and O–H groups in total. The number of benzene rings is 2. The van der Waals surface area contributed by atoms with Crippen LogP contribution in [0.25, 0.3) is 0 Å². The lowest BCUT2D eigenvalue weighted by Gasteiger charge is -2.10. The number of nitrogens with zero attached hydrogens (tertiary/aromatic N) is 3. The summed E-state index contributed by atoms with van der Waals surface area (Å²) in [6.07, 6.45) is 2.15. The molecule has 0 saturated heterocycles. The van der Waals surface area contributed by atoms with E-state index in [1.54, 1.807) is 12.1 Å². The van der Waals surface area contributed by atoms with Gasteiger partial charge in [0.15, 0.2) is 0 Å². The van der Waals surface area contributed by atoms with E-state index in [4.69, 9.17) is 4.74 Å². The van der Waals surface area contributed by atoms with Gasteiger partial charge in [-0.15, -0.1) is 0 Å². The summed E-state index contributed by atoms with van der Waals surface area (Å²) in [5.74, 6) is 0.514. The molecular weight excluding hydrogens is 344 g/mol. The molecule has 0 aliphatic rings. The van der Waals surface area contributed by atoms with Gasteiger partial charge >= 0.3 is 11.6 Å². The van der Waals surface area contributed by atoms with Crippen LogP contribution >= 0.6 is 0 Å². The Bertz CT molecular complexity index is 925. The average Bonchev–Trinajstić information content (AvgIpc) is 2.68. The maximum atomic E-state index is 11.6. The first-order valence-corrected chi connectivity index (χ1v) is 8.62. The summed E-state index contributed by atoms with van der Waals surface area (Å²) in [4.78, 5) is 19.0. The van der Waals surface area contributed by atoms with Crippen molar-refractivity contribution in [1.82, 2.24) is 9.97 Å². The standard InChI is InChI=1S/C20H20N4O3/c1-3-15-8-10-17(11-9-15)27-20-18(24(25)26)19(22-13-23-20)21-12-16-6-4-14(2)5-7-16/h4-11,13H,3,12H2,1-2H3,(H,21,22,23). The van der Waals surface area contributed by atoms with E-state index in [0.717, 1.165) is 23.1 Å². The van der Waals surface area contributed by atoms with Crippen LogP contribution in [0.4, 0.5) is 11.5 Å². The van der Waals surface area contributed by atoms with Gasteiger partial charge in [0.05, 0.1) is 4.92 Å². The second-order valence-electron chi connectivity index (χ2n) is 6.07. The molecule has 0 fully saturated rings. The molecular formula is C20H20N4O3. The lowest BCUT2D eigenvalue weighted by Crippen LogP contribution is -2.07. The lowest BCUT2D eigenvalue weighted by atomic mass is 10.1. The number of hydrogen-bond donors (Lipinski definition) is 1. The van der Waals surface area contributed by atoms with Gasteiger partial charge in [0.1, 0.15) is 12.1 Å².